The second-order valence-electron chi connectivity index (χ2n) is 7.51. The van der Waals surface area contributed by atoms with Gasteiger partial charge in [0.1, 0.15) is 0 Å². The predicted molar refractivity (Wildman–Crippen MR) is 140 cm³/mol. The lowest BCUT2D eigenvalue weighted by Gasteiger charge is -2.26. The van der Waals surface area contributed by atoms with Crippen LogP contribution in [0.2, 0.25) is 0 Å². The van der Waals surface area contributed by atoms with Crippen LogP contribution in [0.15, 0.2) is 47.6 Å². The molecule has 0 unspecified atom stereocenters. The van der Waals surface area contributed by atoms with Gasteiger partial charge in [-0.2, -0.15) is 0 Å². The lowest BCUT2D eigenvalue weighted by atomic mass is 10.1. The number of ether oxygens (including phenoxy) is 2. The van der Waals surface area contributed by atoms with E-state index in [-0.39, 0.29) is 24.0 Å². The molecule has 1 aliphatic rings. The normalized spacial score (nSPS) is 14.4. The molecule has 8 heteroatoms. The van der Waals surface area contributed by atoms with Crippen molar-refractivity contribution in [1.82, 2.24) is 20.5 Å². The Morgan fingerprint density at radius 3 is 2.50 bits per heavy atom. The topological polar surface area (TPSA) is 71.0 Å². The number of aliphatic imine (C=N–C) groups is 1. The fraction of sp³-hybridized carbons (Fsp3) is 0.500. The highest BCUT2D eigenvalue weighted by Gasteiger charge is 2.09. The molecule has 2 aromatic rings. The number of nitrogens with zero attached hydrogens (tertiary/aromatic N) is 3. The van der Waals surface area contributed by atoms with E-state index in [1.54, 1.807) is 6.20 Å². The van der Waals surface area contributed by atoms with E-state index < -0.39 is 0 Å². The summed E-state index contributed by atoms with van der Waals surface area (Å²) in [4.78, 5) is 11.6. The highest BCUT2D eigenvalue weighted by molar-refractivity contribution is 14.0. The minimum absolute atomic E-state index is 0. The van der Waals surface area contributed by atoms with Crippen molar-refractivity contribution in [3.63, 3.8) is 0 Å². The molecule has 0 aliphatic carbocycles. The second-order valence-corrected chi connectivity index (χ2v) is 7.51. The molecule has 0 radical (unpaired) electrons. The lowest BCUT2D eigenvalue weighted by molar-refractivity contribution is 0.232. The van der Waals surface area contributed by atoms with E-state index in [9.17, 15) is 0 Å². The van der Waals surface area contributed by atoms with Gasteiger partial charge >= 0.3 is 0 Å². The van der Waals surface area contributed by atoms with Gasteiger partial charge in [0, 0.05) is 31.9 Å². The van der Waals surface area contributed by atoms with Crippen LogP contribution in [0.3, 0.4) is 0 Å². The third-order valence-corrected chi connectivity index (χ3v) is 5.09. The van der Waals surface area contributed by atoms with E-state index in [1.807, 2.05) is 43.3 Å². The van der Waals surface area contributed by atoms with Gasteiger partial charge in [0.25, 0.3) is 0 Å². The Balaban J connectivity index is 0.00000363. The molecule has 0 bridgehead atoms. The summed E-state index contributed by atoms with van der Waals surface area (Å²) in [5, 5.41) is 6.75. The molecular weight excluding hydrogens is 517 g/mol. The number of nitrogens with one attached hydrogen (secondary N) is 2. The third kappa shape index (κ3) is 8.82. The van der Waals surface area contributed by atoms with Crippen molar-refractivity contribution < 1.29 is 9.47 Å². The van der Waals surface area contributed by atoms with E-state index in [1.165, 1.54) is 32.4 Å². The summed E-state index contributed by atoms with van der Waals surface area (Å²) in [6.07, 6.45) is 5.81. The molecular formula is C24H36IN5O2. The van der Waals surface area contributed by atoms with Crippen LogP contribution in [0.25, 0.3) is 0 Å². The molecule has 3 rings (SSSR count). The Morgan fingerprint density at radius 2 is 1.81 bits per heavy atom. The number of para-hydroxylation sites is 2. The molecule has 0 spiro atoms. The molecule has 176 valence electrons. The highest BCUT2D eigenvalue weighted by atomic mass is 127. The van der Waals surface area contributed by atoms with Gasteiger partial charge < -0.3 is 25.0 Å². The fourth-order valence-corrected chi connectivity index (χ4v) is 3.51. The van der Waals surface area contributed by atoms with Crippen LogP contribution in [-0.2, 0) is 6.54 Å². The average Bonchev–Trinajstić information content (AvgIpc) is 2.80. The number of likely N-dealkylation sites (tertiary alicyclic amines) is 1. The largest absolute Gasteiger partial charge is 0.490 e. The molecule has 0 saturated carbocycles. The number of hydrogen-bond donors (Lipinski definition) is 2. The predicted octanol–water partition coefficient (Wildman–Crippen LogP) is 4.43. The number of benzene rings is 1. The standard InChI is InChI=1S/C24H35N5O2.HI/c1-3-25-24(26-14-17-29-15-8-5-9-16-29)28-19-20-12-13-23(27-18-20)31-22-11-7-6-10-21(22)30-4-2;/h6-7,10-13,18H,3-5,8-9,14-17,19H2,1-2H3,(H2,25,26,28);1H. The van der Waals surface area contributed by atoms with Crippen LogP contribution >= 0.6 is 24.0 Å². The van der Waals surface area contributed by atoms with E-state index in [4.69, 9.17) is 14.5 Å². The van der Waals surface area contributed by atoms with E-state index in [0.717, 1.165) is 31.2 Å². The molecule has 7 nitrogen and oxygen atoms in total. The number of piperidine rings is 1. The first-order valence-corrected chi connectivity index (χ1v) is 11.4. The zero-order chi connectivity index (χ0) is 21.7. The minimum Gasteiger partial charge on any atom is -0.490 e. The molecule has 32 heavy (non-hydrogen) atoms. The molecule has 1 aliphatic heterocycles. The zero-order valence-corrected chi connectivity index (χ0v) is 21.5. The molecule has 0 atom stereocenters. The van der Waals surface area contributed by atoms with Gasteiger partial charge in [0.05, 0.1) is 13.2 Å². The van der Waals surface area contributed by atoms with Gasteiger partial charge in [-0.1, -0.05) is 24.6 Å². The van der Waals surface area contributed by atoms with Gasteiger partial charge in [-0.3, -0.25) is 0 Å². The van der Waals surface area contributed by atoms with Crippen LogP contribution in [0.5, 0.6) is 17.4 Å². The van der Waals surface area contributed by atoms with Crippen LogP contribution in [-0.4, -0.2) is 55.2 Å². The molecule has 1 saturated heterocycles. The fourth-order valence-electron chi connectivity index (χ4n) is 3.51. The van der Waals surface area contributed by atoms with Gasteiger partial charge in [-0.15, -0.1) is 24.0 Å². The maximum atomic E-state index is 5.89. The van der Waals surface area contributed by atoms with Crippen molar-refractivity contribution >= 4 is 29.9 Å². The van der Waals surface area contributed by atoms with Crippen molar-refractivity contribution in [2.75, 3.05) is 39.3 Å². The number of aromatic nitrogens is 1. The van der Waals surface area contributed by atoms with Crippen molar-refractivity contribution in [1.29, 1.82) is 0 Å². The molecule has 2 heterocycles. The van der Waals surface area contributed by atoms with E-state index in [0.29, 0.717) is 30.5 Å². The molecule has 0 amide bonds. The average molecular weight is 553 g/mol. The minimum atomic E-state index is 0. The van der Waals surface area contributed by atoms with Crippen LogP contribution in [0.4, 0.5) is 0 Å². The lowest BCUT2D eigenvalue weighted by Crippen LogP contribution is -2.42. The summed E-state index contributed by atoms with van der Waals surface area (Å²) in [6.45, 7) is 10.4. The first-order chi connectivity index (χ1) is 15.3. The van der Waals surface area contributed by atoms with Crippen molar-refractivity contribution in [3.8, 4) is 17.4 Å². The summed E-state index contributed by atoms with van der Waals surface area (Å²) in [7, 11) is 0. The maximum Gasteiger partial charge on any atom is 0.219 e. The van der Waals surface area contributed by atoms with E-state index >= 15 is 0 Å². The number of hydrogen-bond acceptors (Lipinski definition) is 5. The smallest absolute Gasteiger partial charge is 0.219 e. The Morgan fingerprint density at radius 1 is 1.03 bits per heavy atom. The Hall–Kier alpha value is -2.07. The first kappa shape index (κ1) is 26.2. The summed E-state index contributed by atoms with van der Waals surface area (Å²) in [5.41, 5.74) is 1.03. The second kappa shape index (κ2) is 14.9. The van der Waals surface area contributed by atoms with Gasteiger partial charge in [0.2, 0.25) is 5.88 Å². The summed E-state index contributed by atoms with van der Waals surface area (Å²) in [5.74, 6) is 2.75. The molecule has 2 N–H and O–H groups in total. The number of rotatable bonds is 10. The maximum absolute atomic E-state index is 5.89. The Kier molecular flexibility index (Phi) is 12.2. The number of halogens is 1. The Labute approximate surface area is 209 Å². The van der Waals surface area contributed by atoms with Crippen molar-refractivity contribution in [2.45, 2.75) is 39.7 Å². The number of guanidine groups is 1. The summed E-state index contributed by atoms with van der Waals surface area (Å²) >= 11 is 0. The van der Waals surface area contributed by atoms with Crippen molar-refractivity contribution in [2.24, 2.45) is 4.99 Å². The summed E-state index contributed by atoms with van der Waals surface area (Å²) < 4.78 is 11.5. The quantitative estimate of drug-likeness (QED) is 0.258. The molecule has 1 aromatic heterocycles. The Bertz CT molecular complexity index is 810. The van der Waals surface area contributed by atoms with Gasteiger partial charge in [0.15, 0.2) is 17.5 Å². The first-order valence-electron chi connectivity index (χ1n) is 11.4. The molecule has 1 fully saturated rings. The van der Waals surface area contributed by atoms with Crippen LogP contribution < -0.4 is 20.1 Å². The molecule has 1 aromatic carbocycles. The zero-order valence-electron chi connectivity index (χ0n) is 19.2. The van der Waals surface area contributed by atoms with Gasteiger partial charge in [-0.25, -0.2) is 9.98 Å². The third-order valence-electron chi connectivity index (χ3n) is 5.09. The summed E-state index contributed by atoms with van der Waals surface area (Å²) in [6, 6.07) is 11.5. The highest BCUT2D eigenvalue weighted by Crippen LogP contribution is 2.30. The monoisotopic (exact) mass is 553 g/mol. The van der Waals surface area contributed by atoms with Crippen molar-refractivity contribution in [3.05, 3.63) is 48.2 Å². The van der Waals surface area contributed by atoms with Gasteiger partial charge in [-0.05, 0) is 57.5 Å². The van der Waals surface area contributed by atoms with Crippen LogP contribution in [0, 0.1) is 0 Å². The van der Waals surface area contributed by atoms with Crippen LogP contribution in [0.1, 0.15) is 38.7 Å². The number of pyridine rings is 1. The SMILES string of the molecule is CCNC(=NCc1ccc(Oc2ccccc2OCC)nc1)NCCN1CCCCC1.I. The van der Waals surface area contributed by atoms with E-state index in [2.05, 4.69) is 27.4 Å².